The Morgan fingerprint density at radius 3 is 2.43 bits per heavy atom. The SMILES string of the molecule is CCCCCCCCNc1cc(C(=O)OC)c(F)cc1F. The monoisotopic (exact) mass is 299 g/mol. The molecule has 0 aliphatic carbocycles. The summed E-state index contributed by atoms with van der Waals surface area (Å²) in [5.74, 6) is -2.43. The summed E-state index contributed by atoms with van der Waals surface area (Å²) in [6, 6.07) is 1.86. The largest absolute Gasteiger partial charge is 0.465 e. The highest BCUT2D eigenvalue weighted by atomic mass is 19.1. The van der Waals surface area contributed by atoms with E-state index in [0.29, 0.717) is 12.6 Å². The van der Waals surface area contributed by atoms with E-state index in [1.807, 2.05) is 0 Å². The number of halogens is 2. The molecule has 0 saturated heterocycles. The highest BCUT2D eigenvalue weighted by molar-refractivity contribution is 5.90. The lowest BCUT2D eigenvalue weighted by Gasteiger charge is -2.10. The van der Waals surface area contributed by atoms with Crippen molar-refractivity contribution in [2.24, 2.45) is 0 Å². The normalized spacial score (nSPS) is 10.5. The fraction of sp³-hybridized carbons (Fsp3) is 0.562. The van der Waals surface area contributed by atoms with Gasteiger partial charge >= 0.3 is 5.97 Å². The first-order valence-corrected chi connectivity index (χ1v) is 7.41. The lowest BCUT2D eigenvalue weighted by atomic mass is 10.1. The van der Waals surface area contributed by atoms with E-state index in [1.165, 1.54) is 19.3 Å². The lowest BCUT2D eigenvalue weighted by molar-refractivity contribution is 0.0595. The second-order valence-electron chi connectivity index (χ2n) is 5.00. The van der Waals surface area contributed by atoms with E-state index in [1.54, 1.807) is 0 Å². The van der Waals surface area contributed by atoms with Crippen molar-refractivity contribution in [2.75, 3.05) is 19.0 Å². The lowest BCUT2D eigenvalue weighted by Crippen LogP contribution is -2.09. The number of hydrogen-bond acceptors (Lipinski definition) is 3. The predicted octanol–water partition coefficient (Wildman–Crippen LogP) is 4.52. The number of benzene rings is 1. The molecule has 3 nitrogen and oxygen atoms in total. The molecule has 0 saturated carbocycles. The summed E-state index contributed by atoms with van der Waals surface area (Å²) in [6.45, 7) is 2.76. The summed E-state index contributed by atoms with van der Waals surface area (Å²) >= 11 is 0. The van der Waals surface area contributed by atoms with E-state index in [9.17, 15) is 13.6 Å². The fourth-order valence-corrected chi connectivity index (χ4v) is 2.08. The van der Waals surface area contributed by atoms with Crippen LogP contribution in [0.5, 0.6) is 0 Å². The molecule has 1 rings (SSSR count). The van der Waals surface area contributed by atoms with Gasteiger partial charge in [-0.25, -0.2) is 13.6 Å². The number of unbranched alkanes of at least 4 members (excludes halogenated alkanes) is 5. The first kappa shape index (κ1) is 17.4. The molecule has 0 fully saturated rings. The van der Waals surface area contributed by atoms with Crippen LogP contribution >= 0.6 is 0 Å². The molecule has 0 aromatic heterocycles. The van der Waals surface area contributed by atoms with Crippen LogP contribution in [0.25, 0.3) is 0 Å². The smallest absolute Gasteiger partial charge is 0.340 e. The van der Waals surface area contributed by atoms with Gasteiger partial charge < -0.3 is 10.1 Å². The second kappa shape index (κ2) is 9.32. The van der Waals surface area contributed by atoms with Crippen LogP contribution in [0.3, 0.4) is 0 Å². The summed E-state index contributed by atoms with van der Waals surface area (Å²) in [5.41, 5.74) is -0.130. The van der Waals surface area contributed by atoms with E-state index in [2.05, 4.69) is 17.0 Å². The van der Waals surface area contributed by atoms with Crippen molar-refractivity contribution in [2.45, 2.75) is 45.4 Å². The minimum Gasteiger partial charge on any atom is -0.465 e. The highest BCUT2D eigenvalue weighted by Gasteiger charge is 2.16. The Hall–Kier alpha value is -1.65. The molecule has 0 radical (unpaired) electrons. The molecular formula is C16H23F2NO2. The van der Waals surface area contributed by atoms with E-state index in [-0.39, 0.29) is 11.3 Å². The zero-order valence-corrected chi connectivity index (χ0v) is 12.7. The van der Waals surface area contributed by atoms with Crippen LogP contribution in [-0.2, 0) is 4.74 Å². The third-order valence-corrected chi connectivity index (χ3v) is 3.31. The number of rotatable bonds is 9. The van der Waals surface area contributed by atoms with Gasteiger partial charge in [0.2, 0.25) is 0 Å². The van der Waals surface area contributed by atoms with E-state index in [4.69, 9.17) is 0 Å². The maximum Gasteiger partial charge on any atom is 0.340 e. The van der Waals surface area contributed by atoms with Crippen LogP contribution in [0.2, 0.25) is 0 Å². The Morgan fingerprint density at radius 1 is 1.10 bits per heavy atom. The van der Waals surface area contributed by atoms with Crippen LogP contribution in [0.4, 0.5) is 14.5 Å². The van der Waals surface area contributed by atoms with Crippen molar-refractivity contribution in [3.63, 3.8) is 0 Å². The molecule has 0 atom stereocenters. The Morgan fingerprint density at radius 2 is 1.76 bits per heavy atom. The summed E-state index contributed by atoms with van der Waals surface area (Å²) in [7, 11) is 1.16. The van der Waals surface area contributed by atoms with Gasteiger partial charge in [-0.1, -0.05) is 39.0 Å². The Kier molecular flexibility index (Phi) is 7.72. The number of ether oxygens (including phenoxy) is 1. The van der Waals surface area contributed by atoms with Gasteiger partial charge in [0.25, 0.3) is 0 Å². The van der Waals surface area contributed by atoms with Gasteiger partial charge in [0.1, 0.15) is 11.6 Å². The van der Waals surface area contributed by atoms with Gasteiger partial charge in [-0.15, -0.1) is 0 Å². The molecular weight excluding hydrogens is 276 g/mol. The van der Waals surface area contributed by atoms with Crippen LogP contribution < -0.4 is 5.32 Å². The molecule has 1 aromatic rings. The number of hydrogen-bond donors (Lipinski definition) is 1. The van der Waals surface area contributed by atoms with Gasteiger partial charge in [0, 0.05) is 12.6 Å². The molecule has 0 unspecified atom stereocenters. The predicted molar refractivity (Wildman–Crippen MR) is 79.6 cm³/mol. The Balaban J connectivity index is 2.49. The molecule has 5 heteroatoms. The first-order chi connectivity index (χ1) is 10.1. The zero-order valence-electron chi connectivity index (χ0n) is 12.7. The topological polar surface area (TPSA) is 38.3 Å². The third-order valence-electron chi connectivity index (χ3n) is 3.31. The molecule has 0 amide bonds. The summed E-state index contributed by atoms with van der Waals surface area (Å²) in [4.78, 5) is 11.4. The number of anilines is 1. The molecule has 1 N–H and O–H groups in total. The molecule has 0 aliphatic heterocycles. The molecule has 1 aromatic carbocycles. The van der Waals surface area contributed by atoms with Gasteiger partial charge in [0.15, 0.2) is 0 Å². The van der Waals surface area contributed by atoms with Crippen molar-refractivity contribution in [1.82, 2.24) is 0 Å². The number of esters is 1. The van der Waals surface area contributed by atoms with Gasteiger partial charge in [-0.05, 0) is 12.5 Å². The standard InChI is InChI=1S/C16H23F2NO2/c1-3-4-5-6-7-8-9-19-15-10-12(16(20)21-2)13(17)11-14(15)18/h10-11,19H,3-9H2,1-2H3. The molecule has 0 aliphatic rings. The van der Waals surface area contributed by atoms with Crippen molar-refractivity contribution < 1.29 is 18.3 Å². The maximum absolute atomic E-state index is 13.6. The summed E-state index contributed by atoms with van der Waals surface area (Å²) < 4.78 is 31.5. The van der Waals surface area contributed by atoms with Crippen LogP contribution in [0.15, 0.2) is 12.1 Å². The second-order valence-corrected chi connectivity index (χ2v) is 5.00. The molecule has 118 valence electrons. The van der Waals surface area contributed by atoms with Gasteiger partial charge in [0.05, 0.1) is 18.4 Å². The maximum atomic E-state index is 13.6. The molecule has 0 heterocycles. The minimum absolute atomic E-state index is 0.130. The van der Waals surface area contributed by atoms with E-state index >= 15 is 0 Å². The molecule has 0 bridgehead atoms. The van der Waals surface area contributed by atoms with Crippen LogP contribution in [0.1, 0.15) is 55.8 Å². The Labute approximate surface area is 124 Å². The van der Waals surface area contributed by atoms with E-state index in [0.717, 1.165) is 32.4 Å². The number of methoxy groups -OCH3 is 1. The Bertz CT molecular complexity index is 464. The fourth-order valence-electron chi connectivity index (χ4n) is 2.08. The van der Waals surface area contributed by atoms with Crippen molar-refractivity contribution in [3.8, 4) is 0 Å². The quantitative estimate of drug-likeness (QED) is 0.538. The summed E-state index contributed by atoms with van der Waals surface area (Å²) in [5, 5.41) is 2.90. The van der Waals surface area contributed by atoms with Crippen molar-refractivity contribution >= 4 is 11.7 Å². The van der Waals surface area contributed by atoms with Crippen LogP contribution in [-0.4, -0.2) is 19.6 Å². The molecule has 21 heavy (non-hydrogen) atoms. The van der Waals surface area contributed by atoms with Crippen molar-refractivity contribution in [3.05, 3.63) is 29.3 Å². The van der Waals surface area contributed by atoms with E-state index < -0.39 is 17.6 Å². The minimum atomic E-state index is -0.913. The zero-order chi connectivity index (χ0) is 15.7. The molecule has 0 spiro atoms. The highest BCUT2D eigenvalue weighted by Crippen LogP contribution is 2.20. The third kappa shape index (κ3) is 5.69. The van der Waals surface area contributed by atoms with Crippen molar-refractivity contribution in [1.29, 1.82) is 0 Å². The van der Waals surface area contributed by atoms with Crippen LogP contribution in [0, 0.1) is 11.6 Å². The number of nitrogens with one attached hydrogen (secondary N) is 1. The number of carbonyl (C=O) groups excluding carboxylic acids is 1. The average molecular weight is 299 g/mol. The average Bonchev–Trinajstić information content (AvgIpc) is 2.47. The summed E-state index contributed by atoms with van der Waals surface area (Å²) in [6.07, 6.45) is 6.80. The van der Waals surface area contributed by atoms with Gasteiger partial charge in [-0.3, -0.25) is 0 Å². The number of carbonyl (C=O) groups is 1. The first-order valence-electron chi connectivity index (χ1n) is 7.41. The van der Waals surface area contributed by atoms with Gasteiger partial charge in [-0.2, -0.15) is 0 Å².